The summed E-state index contributed by atoms with van der Waals surface area (Å²) < 4.78 is 5.11. The van der Waals surface area contributed by atoms with Crippen molar-refractivity contribution in [3.05, 3.63) is 10.1 Å². The van der Waals surface area contributed by atoms with Crippen LogP contribution in [0.3, 0.4) is 0 Å². The number of halogens is 3. The second-order valence-corrected chi connectivity index (χ2v) is 7.33. The summed E-state index contributed by atoms with van der Waals surface area (Å²) in [4.78, 5) is 10.2. The number of alkyl halides is 2. The molecular weight excluding hydrogens is 452 g/mol. The van der Waals surface area contributed by atoms with Crippen molar-refractivity contribution in [1.82, 2.24) is 0 Å². The Balaban J connectivity index is -0.000000299. The van der Waals surface area contributed by atoms with Crippen molar-refractivity contribution in [3.8, 4) is 0 Å². The zero-order valence-electron chi connectivity index (χ0n) is 13.6. The molecule has 0 saturated carbocycles. The van der Waals surface area contributed by atoms with Crippen LogP contribution in [0, 0.1) is 0 Å². The standard InChI is InChI=1S/C7H9Br3O2.C5H12.C3H8/c1-5(6(2)9)7(10,3-8)12-4-11;1-3-5-4-2;1-3-2/h4H,3H2,1-2H3;3-5H2,1-2H3;3H2,1-2H3/b6-5+;;. The summed E-state index contributed by atoms with van der Waals surface area (Å²) >= 11 is 9.90. The molecule has 0 bridgehead atoms. The SMILES string of the molecule is C/C(Br)=C(/C)C(Br)(CBr)OC=O.CCC.CCCCC. The van der Waals surface area contributed by atoms with Crippen LogP contribution in [-0.4, -0.2) is 16.3 Å². The first-order valence-corrected chi connectivity index (χ1v) is 9.71. The third-order valence-electron chi connectivity index (χ3n) is 2.19. The maximum atomic E-state index is 10.2. The molecule has 20 heavy (non-hydrogen) atoms. The molecule has 0 fully saturated rings. The number of hydrogen-bond donors (Lipinski definition) is 0. The van der Waals surface area contributed by atoms with Crippen LogP contribution in [-0.2, 0) is 9.53 Å². The molecule has 0 aromatic carbocycles. The quantitative estimate of drug-likeness (QED) is 0.304. The summed E-state index contributed by atoms with van der Waals surface area (Å²) in [5.74, 6) is 0. The van der Waals surface area contributed by atoms with Gasteiger partial charge in [-0.25, -0.2) is 0 Å². The summed E-state index contributed by atoms with van der Waals surface area (Å²) in [5, 5.41) is 0.507. The molecule has 0 aliphatic rings. The Morgan fingerprint density at radius 3 is 1.70 bits per heavy atom. The molecule has 0 rings (SSSR count). The molecule has 0 heterocycles. The second-order valence-electron chi connectivity index (χ2n) is 4.30. The third-order valence-corrected chi connectivity index (χ3v) is 5.39. The molecule has 0 spiro atoms. The van der Waals surface area contributed by atoms with E-state index in [-0.39, 0.29) is 0 Å². The fourth-order valence-electron chi connectivity index (χ4n) is 0.907. The van der Waals surface area contributed by atoms with E-state index in [4.69, 9.17) is 4.74 Å². The largest absolute Gasteiger partial charge is 0.444 e. The van der Waals surface area contributed by atoms with Crippen LogP contribution in [0.1, 0.15) is 67.2 Å². The van der Waals surface area contributed by atoms with E-state index in [1.165, 1.54) is 25.7 Å². The Morgan fingerprint density at radius 2 is 1.55 bits per heavy atom. The van der Waals surface area contributed by atoms with Gasteiger partial charge in [0.25, 0.3) is 6.47 Å². The fourth-order valence-corrected chi connectivity index (χ4v) is 2.42. The first-order valence-electron chi connectivity index (χ1n) is 7.00. The molecule has 0 N–H and O–H groups in total. The van der Waals surface area contributed by atoms with E-state index in [2.05, 4.69) is 75.5 Å². The number of unbranched alkanes of at least 4 members (excludes halogenated alkanes) is 2. The topological polar surface area (TPSA) is 26.3 Å². The summed E-state index contributed by atoms with van der Waals surface area (Å²) in [7, 11) is 0. The average molecular weight is 481 g/mol. The van der Waals surface area contributed by atoms with Gasteiger partial charge in [-0.1, -0.05) is 85.2 Å². The van der Waals surface area contributed by atoms with Crippen molar-refractivity contribution in [2.75, 3.05) is 5.33 Å². The number of allylic oxidation sites excluding steroid dienone is 1. The molecule has 0 aliphatic carbocycles. The molecule has 0 radical (unpaired) electrons. The van der Waals surface area contributed by atoms with Gasteiger partial charge in [0.15, 0.2) is 4.51 Å². The number of carbonyl (C=O) groups is 1. The van der Waals surface area contributed by atoms with Crippen molar-refractivity contribution in [1.29, 1.82) is 0 Å². The highest BCUT2D eigenvalue weighted by molar-refractivity contribution is 9.12. The molecule has 1 atom stereocenters. The maximum Gasteiger partial charge on any atom is 0.294 e. The summed E-state index contributed by atoms with van der Waals surface area (Å²) in [5.41, 5.74) is 0.923. The van der Waals surface area contributed by atoms with Crippen LogP contribution in [0.15, 0.2) is 10.1 Å². The summed E-state index contributed by atoms with van der Waals surface area (Å²) in [6.45, 7) is 12.9. The van der Waals surface area contributed by atoms with E-state index < -0.39 is 4.51 Å². The molecule has 5 heteroatoms. The summed E-state index contributed by atoms with van der Waals surface area (Å²) in [6, 6.07) is 0. The van der Waals surface area contributed by atoms with Gasteiger partial charge in [-0.2, -0.15) is 0 Å². The highest BCUT2D eigenvalue weighted by atomic mass is 79.9. The van der Waals surface area contributed by atoms with Crippen molar-refractivity contribution in [3.63, 3.8) is 0 Å². The monoisotopic (exact) mass is 478 g/mol. The lowest BCUT2D eigenvalue weighted by atomic mass is 10.2. The number of rotatable bonds is 6. The second kappa shape index (κ2) is 17.7. The Bertz CT molecular complexity index is 250. The molecule has 0 aliphatic heterocycles. The van der Waals surface area contributed by atoms with E-state index in [1.54, 1.807) is 0 Å². The lowest BCUT2D eigenvalue weighted by Gasteiger charge is -2.24. The molecule has 1 unspecified atom stereocenters. The van der Waals surface area contributed by atoms with Crippen LogP contribution in [0.4, 0.5) is 0 Å². The van der Waals surface area contributed by atoms with E-state index in [9.17, 15) is 4.79 Å². The van der Waals surface area contributed by atoms with Gasteiger partial charge >= 0.3 is 0 Å². The highest BCUT2D eigenvalue weighted by Gasteiger charge is 2.30. The van der Waals surface area contributed by atoms with Gasteiger partial charge in [0.05, 0.1) is 5.33 Å². The number of hydrogen-bond acceptors (Lipinski definition) is 2. The van der Waals surface area contributed by atoms with Crippen LogP contribution >= 0.6 is 47.8 Å². The molecule has 0 amide bonds. The average Bonchev–Trinajstić information content (AvgIpc) is 2.40. The number of carbonyl (C=O) groups excluding carboxylic acids is 1. The fraction of sp³-hybridized carbons (Fsp3) is 0.800. The molecule has 2 nitrogen and oxygen atoms in total. The van der Waals surface area contributed by atoms with Gasteiger partial charge in [0.1, 0.15) is 0 Å². The molecular formula is C15H29Br3O2. The minimum absolute atomic E-state index is 0.426. The third kappa shape index (κ3) is 15.0. The lowest BCUT2D eigenvalue weighted by Crippen LogP contribution is -2.28. The van der Waals surface area contributed by atoms with Crippen LogP contribution in [0.2, 0.25) is 0 Å². The first-order chi connectivity index (χ1) is 9.30. The zero-order valence-corrected chi connectivity index (χ0v) is 18.3. The van der Waals surface area contributed by atoms with Crippen molar-refractivity contribution < 1.29 is 9.53 Å². The van der Waals surface area contributed by atoms with Gasteiger partial charge < -0.3 is 4.74 Å². The smallest absolute Gasteiger partial charge is 0.294 e. The van der Waals surface area contributed by atoms with Gasteiger partial charge in [0, 0.05) is 0 Å². The predicted octanol–water partition coefficient (Wildman–Crippen LogP) is 6.95. The zero-order chi connectivity index (χ0) is 16.6. The van der Waals surface area contributed by atoms with E-state index in [0.717, 1.165) is 10.1 Å². The first kappa shape index (κ1) is 25.6. The van der Waals surface area contributed by atoms with Gasteiger partial charge in [-0.05, 0) is 39.8 Å². The van der Waals surface area contributed by atoms with Crippen LogP contribution < -0.4 is 0 Å². The Hall–Kier alpha value is 0.650. The maximum absolute atomic E-state index is 10.2. The Labute approximate surface area is 150 Å². The van der Waals surface area contributed by atoms with E-state index >= 15 is 0 Å². The van der Waals surface area contributed by atoms with E-state index in [0.29, 0.717) is 11.8 Å². The van der Waals surface area contributed by atoms with E-state index in [1.807, 2.05) is 13.8 Å². The van der Waals surface area contributed by atoms with Gasteiger partial charge in [0.2, 0.25) is 0 Å². The minimum Gasteiger partial charge on any atom is -0.444 e. The van der Waals surface area contributed by atoms with Crippen LogP contribution in [0.25, 0.3) is 0 Å². The highest BCUT2D eigenvalue weighted by Crippen LogP contribution is 2.33. The van der Waals surface area contributed by atoms with Crippen molar-refractivity contribution >= 4 is 54.3 Å². The normalized spacial score (nSPS) is 13.7. The Kier molecular flexibility index (Phi) is 22.7. The van der Waals surface area contributed by atoms with Crippen LogP contribution in [0.5, 0.6) is 0 Å². The lowest BCUT2D eigenvalue weighted by molar-refractivity contribution is -0.132. The van der Waals surface area contributed by atoms with Crippen molar-refractivity contribution in [2.24, 2.45) is 0 Å². The molecule has 0 saturated heterocycles. The minimum atomic E-state index is -0.734. The summed E-state index contributed by atoms with van der Waals surface area (Å²) in [6.07, 6.45) is 5.33. The number of ether oxygens (including phenoxy) is 1. The Morgan fingerprint density at radius 1 is 1.15 bits per heavy atom. The molecule has 0 aromatic heterocycles. The predicted molar refractivity (Wildman–Crippen MR) is 101 cm³/mol. The van der Waals surface area contributed by atoms with Gasteiger partial charge in [-0.3, -0.25) is 4.79 Å². The van der Waals surface area contributed by atoms with Gasteiger partial charge in [-0.15, -0.1) is 0 Å². The molecule has 122 valence electrons. The van der Waals surface area contributed by atoms with Crippen molar-refractivity contribution in [2.45, 2.75) is 71.7 Å². The molecule has 0 aromatic rings.